The summed E-state index contributed by atoms with van der Waals surface area (Å²) in [6.07, 6.45) is 6.57. The van der Waals surface area contributed by atoms with Crippen LogP contribution in [-0.4, -0.2) is 49.4 Å². The summed E-state index contributed by atoms with van der Waals surface area (Å²) in [5.74, 6) is -0.370. The zero-order valence-corrected chi connectivity index (χ0v) is 17.6. The maximum absolute atomic E-state index is 12.2. The number of hydrogen-bond donors (Lipinski definition) is 2. The van der Waals surface area contributed by atoms with Gasteiger partial charge in [-0.05, 0) is 24.5 Å². The van der Waals surface area contributed by atoms with Gasteiger partial charge in [-0.15, -0.1) is 0 Å². The number of anilines is 1. The molecule has 3 heterocycles. The minimum absolute atomic E-state index is 0.0384. The van der Waals surface area contributed by atoms with E-state index < -0.39 is 5.91 Å². The van der Waals surface area contributed by atoms with Crippen LogP contribution in [0.5, 0.6) is 0 Å². The minimum atomic E-state index is -0.611. The quantitative estimate of drug-likeness (QED) is 0.576. The Morgan fingerprint density at radius 1 is 1.22 bits per heavy atom. The molecule has 0 radical (unpaired) electrons. The topological polar surface area (TPSA) is 125 Å². The molecule has 1 saturated carbocycles. The van der Waals surface area contributed by atoms with Gasteiger partial charge in [0, 0.05) is 30.3 Å². The largest absolute Gasteiger partial charge is 0.383 e. The van der Waals surface area contributed by atoms with Crippen LogP contribution in [0, 0.1) is 5.41 Å². The lowest BCUT2D eigenvalue weighted by Gasteiger charge is -2.58. The summed E-state index contributed by atoms with van der Waals surface area (Å²) in [7, 11) is 0. The van der Waals surface area contributed by atoms with Crippen molar-refractivity contribution in [2.45, 2.75) is 25.4 Å². The fraction of sp³-hybridized carbons (Fsp3) is 0.304. The molecule has 2 amide bonds. The first-order valence-electron chi connectivity index (χ1n) is 10.5. The minimum Gasteiger partial charge on any atom is -0.383 e. The molecule has 0 bridgehead atoms. The second-order valence-corrected chi connectivity index (χ2v) is 8.79. The van der Waals surface area contributed by atoms with E-state index in [9.17, 15) is 9.59 Å². The van der Waals surface area contributed by atoms with Crippen LogP contribution in [0.15, 0.2) is 55.4 Å². The van der Waals surface area contributed by atoms with Gasteiger partial charge in [0.1, 0.15) is 17.1 Å². The zero-order chi connectivity index (χ0) is 22.5. The lowest BCUT2D eigenvalue weighted by molar-refractivity contribution is -0.148. The van der Waals surface area contributed by atoms with Crippen molar-refractivity contribution >= 4 is 17.6 Å². The first kappa shape index (κ1) is 20.0. The molecule has 4 N–H and O–H groups in total. The van der Waals surface area contributed by atoms with E-state index in [2.05, 4.69) is 16.8 Å². The molecule has 1 aliphatic carbocycles. The fourth-order valence-corrected chi connectivity index (χ4v) is 4.93. The maximum atomic E-state index is 12.2. The standard InChI is InChI=1S/C23H25N7O2/c1-2-18(31)28-13-23(14-28)8-17(9-23)30-21(24)19(22(25)32)20(27-30)16-10-26-29(12-16)11-15-6-4-3-5-7-15/h2-7,10,12,17H,1,8-9,11,13-14,24H2,(H2,25,32). The highest BCUT2D eigenvalue weighted by atomic mass is 16.2. The number of carbonyl (C=O) groups is 2. The molecule has 3 aromatic rings. The van der Waals surface area contributed by atoms with Crippen LogP contribution >= 0.6 is 0 Å². The van der Waals surface area contributed by atoms with E-state index in [4.69, 9.17) is 11.5 Å². The Morgan fingerprint density at radius 3 is 2.59 bits per heavy atom. The molecule has 1 aliphatic heterocycles. The molecule has 164 valence electrons. The van der Waals surface area contributed by atoms with E-state index in [1.807, 2.05) is 36.5 Å². The number of benzene rings is 1. The van der Waals surface area contributed by atoms with Crippen molar-refractivity contribution in [1.82, 2.24) is 24.5 Å². The lowest BCUT2D eigenvalue weighted by atomic mass is 9.60. The van der Waals surface area contributed by atoms with Crippen LogP contribution in [-0.2, 0) is 11.3 Å². The Labute approximate surface area is 185 Å². The van der Waals surface area contributed by atoms with Crippen molar-refractivity contribution < 1.29 is 9.59 Å². The van der Waals surface area contributed by atoms with Crippen molar-refractivity contribution in [3.05, 3.63) is 66.5 Å². The Balaban J connectivity index is 1.36. The van der Waals surface area contributed by atoms with Gasteiger partial charge in [-0.2, -0.15) is 10.2 Å². The van der Waals surface area contributed by atoms with Crippen LogP contribution < -0.4 is 11.5 Å². The van der Waals surface area contributed by atoms with Crippen molar-refractivity contribution in [2.24, 2.45) is 11.1 Å². The van der Waals surface area contributed by atoms with Crippen LogP contribution in [0.2, 0.25) is 0 Å². The number of nitrogens with zero attached hydrogens (tertiary/aromatic N) is 5. The molecule has 2 aromatic heterocycles. The van der Waals surface area contributed by atoms with Gasteiger partial charge in [0.15, 0.2) is 0 Å². The number of nitrogens with two attached hydrogens (primary N) is 2. The molecule has 9 heteroatoms. The van der Waals surface area contributed by atoms with Crippen molar-refractivity contribution in [3.63, 3.8) is 0 Å². The van der Waals surface area contributed by atoms with Crippen molar-refractivity contribution in [3.8, 4) is 11.3 Å². The van der Waals surface area contributed by atoms with Crippen molar-refractivity contribution in [1.29, 1.82) is 0 Å². The molecule has 9 nitrogen and oxygen atoms in total. The number of amides is 2. The van der Waals surface area contributed by atoms with Crippen LogP contribution in [0.25, 0.3) is 11.3 Å². The summed E-state index contributed by atoms with van der Waals surface area (Å²) < 4.78 is 3.51. The second kappa shape index (κ2) is 7.37. The predicted molar refractivity (Wildman–Crippen MR) is 119 cm³/mol. The van der Waals surface area contributed by atoms with Crippen molar-refractivity contribution in [2.75, 3.05) is 18.8 Å². The van der Waals surface area contributed by atoms with Crippen LogP contribution in [0.4, 0.5) is 5.82 Å². The maximum Gasteiger partial charge on any atom is 0.254 e. The Morgan fingerprint density at radius 2 is 1.94 bits per heavy atom. The van der Waals surface area contributed by atoms with Gasteiger partial charge in [-0.3, -0.25) is 14.3 Å². The normalized spacial score (nSPS) is 17.1. The smallest absolute Gasteiger partial charge is 0.254 e. The molecule has 1 aromatic carbocycles. The molecule has 1 spiro atoms. The SMILES string of the molecule is C=CC(=O)N1CC2(CC(n3nc(-c4cnn(Cc5ccccc5)c4)c(C(N)=O)c3N)C2)C1. The summed E-state index contributed by atoms with van der Waals surface area (Å²) in [5, 5.41) is 9.09. The molecule has 0 atom stereocenters. The monoisotopic (exact) mass is 431 g/mol. The number of aromatic nitrogens is 4. The van der Waals surface area contributed by atoms with E-state index in [-0.39, 0.29) is 28.7 Å². The first-order valence-corrected chi connectivity index (χ1v) is 10.5. The summed E-state index contributed by atoms with van der Waals surface area (Å²) >= 11 is 0. The van der Waals surface area contributed by atoms with Gasteiger partial charge >= 0.3 is 0 Å². The average Bonchev–Trinajstić information content (AvgIpc) is 3.31. The molecule has 2 aliphatic rings. The third kappa shape index (κ3) is 3.26. The third-order valence-corrected chi connectivity index (χ3v) is 6.51. The number of carbonyl (C=O) groups excluding carboxylic acids is 2. The zero-order valence-electron chi connectivity index (χ0n) is 17.6. The van der Waals surface area contributed by atoms with E-state index in [1.165, 1.54) is 6.08 Å². The highest BCUT2D eigenvalue weighted by Crippen LogP contribution is 2.54. The molecule has 5 rings (SSSR count). The summed E-state index contributed by atoms with van der Waals surface area (Å²) in [6, 6.07) is 10.1. The highest BCUT2D eigenvalue weighted by molar-refractivity contribution is 6.03. The van der Waals surface area contributed by atoms with E-state index in [0.717, 1.165) is 31.5 Å². The summed E-state index contributed by atoms with van der Waals surface area (Å²) in [5.41, 5.74) is 14.6. The molecular formula is C23H25N7O2. The van der Waals surface area contributed by atoms with Gasteiger partial charge < -0.3 is 16.4 Å². The molecule has 2 fully saturated rings. The number of hydrogen-bond acceptors (Lipinski definition) is 5. The highest BCUT2D eigenvalue weighted by Gasteiger charge is 2.54. The van der Waals surface area contributed by atoms with E-state index >= 15 is 0 Å². The average molecular weight is 432 g/mol. The predicted octanol–water partition coefficient (Wildman–Crippen LogP) is 1.83. The van der Waals surface area contributed by atoms with Crippen LogP contribution in [0.3, 0.4) is 0 Å². The van der Waals surface area contributed by atoms with Crippen LogP contribution in [0.1, 0.15) is 34.8 Å². The van der Waals surface area contributed by atoms with E-state index in [0.29, 0.717) is 17.8 Å². The Bertz CT molecular complexity index is 1200. The molecule has 0 unspecified atom stereocenters. The number of primary amides is 1. The fourth-order valence-electron chi connectivity index (χ4n) is 4.93. The number of rotatable bonds is 6. The van der Waals surface area contributed by atoms with Gasteiger partial charge in [0.25, 0.3) is 5.91 Å². The summed E-state index contributed by atoms with van der Waals surface area (Å²) in [4.78, 5) is 25.7. The molecular weight excluding hydrogens is 406 g/mol. The third-order valence-electron chi connectivity index (χ3n) is 6.51. The summed E-state index contributed by atoms with van der Waals surface area (Å²) in [6.45, 7) is 5.58. The van der Waals surface area contributed by atoms with Gasteiger partial charge in [-0.1, -0.05) is 36.9 Å². The van der Waals surface area contributed by atoms with E-state index in [1.54, 1.807) is 20.5 Å². The first-order chi connectivity index (χ1) is 15.4. The second-order valence-electron chi connectivity index (χ2n) is 8.79. The Hall–Kier alpha value is -3.88. The van der Waals surface area contributed by atoms with Gasteiger partial charge in [-0.25, -0.2) is 4.68 Å². The Kier molecular flexibility index (Phi) is 4.61. The number of nitrogen functional groups attached to an aromatic ring is 1. The molecule has 32 heavy (non-hydrogen) atoms. The van der Waals surface area contributed by atoms with Gasteiger partial charge in [0.05, 0.1) is 18.8 Å². The van der Waals surface area contributed by atoms with Gasteiger partial charge in [0.2, 0.25) is 5.91 Å². The number of likely N-dealkylation sites (tertiary alicyclic amines) is 1. The molecule has 1 saturated heterocycles. The lowest BCUT2D eigenvalue weighted by Crippen LogP contribution is -2.63.